The van der Waals surface area contributed by atoms with E-state index >= 15 is 0 Å². The van der Waals surface area contributed by atoms with E-state index in [1.54, 1.807) is 15.9 Å². The zero-order valence-corrected chi connectivity index (χ0v) is 13.4. The summed E-state index contributed by atoms with van der Waals surface area (Å²) < 4.78 is 12.6. The topological polar surface area (TPSA) is 61.5 Å². The molecule has 118 valence electrons. The molecule has 2 aromatic carbocycles. The average Bonchev–Trinajstić information content (AvgIpc) is 3.30. The van der Waals surface area contributed by atoms with Crippen molar-refractivity contribution in [3.63, 3.8) is 0 Å². The van der Waals surface area contributed by atoms with Gasteiger partial charge in [-0.25, -0.2) is 0 Å². The van der Waals surface area contributed by atoms with Gasteiger partial charge in [-0.2, -0.15) is 9.61 Å². The van der Waals surface area contributed by atoms with Gasteiger partial charge in [-0.3, -0.25) is 0 Å². The van der Waals surface area contributed by atoms with Crippen molar-refractivity contribution in [1.29, 1.82) is 0 Å². The van der Waals surface area contributed by atoms with Crippen LogP contribution in [0, 0.1) is 0 Å². The molecule has 0 spiro atoms. The van der Waals surface area contributed by atoms with E-state index in [9.17, 15) is 0 Å². The Labute approximate surface area is 141 Å². The van der Waals surface area contributed by atoms with Crippen molar-refractivity contribution in [2.45, 2.75) is 6.42 Å². The van der Waals surface area contributed by atoms with E-state index in [1.165, 1.54) is 5.56 Å². The summed E-state index contributed by atoms with van der Waals surface area (Å²) in [7, 11) is 0. The van der Waals surface area contributed by atoms with Gasteiger partial charge in [0.25, 0.3) is 0 Å². The molecular weight excluding hydrogens is 324 g/mol. The predicted molar refractivity (Wildman–Crippen MR) is 89.5 cm³/mol. The summed E-state index contributed by atoms with van der Waals surface area (Å²) in [5.41, 5.74) is 2.13. The molecule has 3 heterocycles. The summed E-state index contributed by atoms with van der Waals surface area (Å²) in [5.74, 6) is 2.19. The quantitative estimate of drug-likeness (QED) is 0.575. The van der Waals surface area contributed by atoms with Gasteiger partial charge in [0, 0.05) is 12.0 Å². The Bertz CT molecular complexity index is 1030. The van der Waals surface area contributed by atoms with Gasteiger partial charge in [-0.05, 0) is 23.8 Å². The molecule has 1 aliphatic rings. The van der Waals surface area contributed by atoms with Crippen LogP contribution in [0.15, 0.2) is 48.5 Å². The molecule has 24 heavy (non-hydrogen) atoms. The van der Waals surface area contributed by atoms with E-state index in [-0.39, 0.29) is 6.79 Å². The van der Waals surface area contributed by atoms with E-state index in [0.717, 1.165) is 33.5 Å². The smallest absolute Gasteiger partial charge is 0.234 e. The Morgan fingerprint density at radius 1 is 1.00 bits per heavy atom. The fourth-order valence-corrected chi connectivity index (χ4v) is 3.58. The lowest BCUT2D eigenvalue weighted by Gasteiger charge is -2.00. The van der Waals surface area contributed by atoms with Gasteiger partial charge >= 0.3 is 0 Å². The minimum atomic E-state index is 0.256. The third-order valence-electron chi connectivity index (χ3n) is 3.86. The van der Waals surface area contributed by atoms with Gasteiger partial charge in [0.15, 0.2) is 17.3 Å². The molecule has 0 aliphatic carbocycles. The Balaban J connectivity index is 1.53. The largest absolute Gasteiger partial charge is 0.454 e. The van der Waals surface area contributed by atoms with Crippen molar-refractivity contribution < 1.29 is 9.47 Å². The summed E-state index contributed by atoms with van der Waals surface area (Å²) in [6.45, 7) is 0.256. The third kappa shape index (κ3) is 2.21. The molecule has 0 atom stereocenters. The maximum absolute atomic E-state index is 5.44. The molecule has 0 N–H and O–H groups in total. The van der Waals surface area contributed by atoms with E-state index in [1.807, 2.05) is 36.4 Å². The monoisotopic (exact) mass is 336 g/mol. The van der Waals surface area contributed by atoms with Gasteiger partial charge < -0.3 is 9.47 Å². The molecule has 5 rings (SSSR count). The van der Waals surface area contributed by atoms with E-state index in [4.69, 9.17) is 9.47 Å². The van der Waals surface area contributed by atoms with E-state index in [2.05, 4.69) is 27.4 Å². The van der Waals surface area contributed by atoms with Crippen LogP contribution in [0.5, 0.6) is 11.5 Å². The highest BCUT2D eigenvalue weighted by Gasteiger charge is 2.18. The van der Waals surface area contributed by atoms with E-state index in [0.29, 0.717) is 5.82 Å². The van der Waals surface area contributed by atoms with Gasteiger partial charge in [0.1, 0.15) is 5.01 Å². The minimum Gasteiger partial charge on any atom is -0.454 e. The summed E-state index contributed by atoms with van der Waals surface area (Å²) in [4.78, 5) is 0.786. The van der Waals surface area contributed by atoms with Crippen LogP contribution in [-0.2, 0) is 6.42 Å². The molecule has 0 radical (unpaired) electrons. The maximum Gasteiger partial charge on any atom is 0.234 e. The Morgan fingerprint density at radius 3 is 2.79 bits per heavy atom. The Hall–Kier alpha value is -2.93. The van der Waals surface area contributed by atoms with Crippen molar-refractivity contribution in [2.24, 2.45) is 0 Å². The second-order valence-corrected chi connectivity index (χ2v) is 6.48. The molecule has 2 aromatic heterocycles. The number of benzene rings is 2. The zero-order valence-electron chi connectivity index (χ0n) is 12.5. The highest BCUT2D eigenvalue weighted by Crippen LogP contribution is 2.35. The average molecular weight is 336 g/mol. The Kier molecular flexibility index (Phi) is 2.99. The molecule has 7 heteroatoms. The lowest BCUT2D eigenvalue weighted by atomic mass is 10.2. The summed E-state index contributed by atoms with van der Waals surface area (Å²) in [6.07, 6.45) is 0.787. The number of nitrogens with zero attached hydrogens (tertiary/aromatic N) is 4. The molecule has 0 unspecified atom stereocenters. The first-order valence-corrected chi connectivity index (χ1v) is 8.33. The number of rotatable bonds is 3. The van der Waals surface area contributed by atoms with Crippen LogP contribution in [0.3, 0.4) is 0 Å². The summed E-state index contributed by atoms with van der Waals surface area (Å²) >= 11 is 1.56. The number of ether oxygens (including phenoxy) is 2. The molecule has 0 fully saturated rings. The first kappa shape index (κ1) is 13.5. The Morgan fingerprint density at radius 2 is 1.88 bits per heavy atom. The minimum absolute atomic E-state index is 0.256. The highest BCUT2D eigenvalue weighted by atomic mass is 32.1. The lowest BCUT2D eigenvalue weighted by Crippen LogP contribution is -1.94. The first-order chi connectivity index (χ1) is 11.9. The molecule has 4 aromatic rings. The molecule has 0 saturated heterocycles. The van der Waals surface area contributed by atoms with Crippen LogP contribution < -0.4 is 9.47 Å². The molecule has 0 bridgehead atoms. The molecular formula is C17H12N4O2S. The van der Waals surface area contributed by atoms with E-state index < -0.39 is 0 Å². The fourth-order valence-electron chi connectivity index (χ4n) is 2.71. The van der Waals surface area contributed by atoms with Gasteiger partial charge in [-0.1, -0.05) is 41.7 Å². The van der Waals surface area contributed by atoms with Crippen molar-refractivity contribution in [1.82, 2.24) is 19.8 Å². The van der Waals surface area contributed by atoms with Crippen molar-refractivity contribution >= 4 is 16.3 Å². The molecule has 1 aliphatic heterocycles. The number of fused-ring (bicyclic) bond motifs is 2. The van der Waals surface area contributed by atoms with Crippen LogP contribution in [0.2, 0.25) is 0 Å². The van der Waals surface area contributed by atoms with Crippen molar-refractivity contribution in [2.75, 3.05) is 6.79 Å². The number of aromatic nitrogens is 4. The second kappa shape index (κ2) is 5.31. The van der Waals surface area contributed by atoms with Gasteiger partial charge in [0.2, 0.25) is 11.8 Å². The molecule has 0 amide bonds. The number of hydrogen-bond donors (Lipinski definition) is 0. The van der Waals surface area contributed by atoms with Gasteiger partial charge in [-0.15, -0.1) is 10.2 Å². The highest BCUT2D eigenvalue weighted by molar-refractivity contribution is 7.16. The molecule has 6 nitrogen and oxygen atoms in total. The van der Waals surface area contributed by atoms with Crippen LogP contribution in [-0.4, -0.2) is 26.6 Å². The van der Waals surface area contributed by atoms with Crippen LogP contribution in [0.25, 0.3) is 16.3 Å². The SMILES string of the molecule is c1ccc(Cc2nn3c(-c4ccc5c(c4)OCO5)nnc3s2)cc1. The maximum atomic E-state index is 5.44. The third-order valence-corrected chi connectivity index (χ3v) is 4.76. The van der Waals surface area contributed by atoms with Crippen LogP contribution in [0.4, 0.5) is 0 Å². The summed E-state index contributed by atoms with van der Waals surface area (Å²) in [5, 5.41) is 14.2. The van der Waals surface area contributed by atoms with Crippen LogP contribution in [0.1, 0.15) is 10.6 Å². The number of hydrogen-bond acceptors (Lipinski definition) is 6. The predicted octanol–water partition coefficient (Wildman–Crippen LogP) is 3.17. The first-order valence-electron chi connectivity index (χ1n) is 7.52. The summed E-state index contributed by atoms with van der Waals surface area (Å²) in [6, 6.07) is 16.0. The fraction of sp³-hybridized carbons (Fsp3) is 0.118. The molecule has 0 saturated carbocycles. The van der Waals surface area contributed by atoms with Crippen molar-refractivity contribution in [3.8, 4) is 22.9 Å². The van der Waals surface area contributed by atoms with Crippen molar-refractivity contribution in [3.05, 3.63) is 59.1 Å². The second-order valence-electron chi connectivity index (χ2n) is 5.44. The lowest BCUT2D eigenvalue weighted by molar-refractivity contribution is 0.174. The standard InChI is InChI=1S/C17H12N4O2S/c1-2-4-11(5-3-1)8-15-20-21-16(18-19-17(21)24-15)12-6-7-13-14(9-12)23-10-22-13/h1-7,9H,8,10H2. The normalized spacial score (nSPS) is 12.8. The van der Waals surface area contributed by atoms with Gasteiger partial charge in [0.05, 0.1) is 0 Å². The zero-order chi connectivity index (χ0) is 15.9. The van der Waals surface area contributed by atoms with Crippen LogP contribution >= 0.6 is 11.3 Å².